The van der Waals surface area contributed by atoms with Crippen molar-refractivity contribution in [2.24, 2.45) is 0 Å². The van der Waals surface area contributed by atoms with E-state index in [0.717, 1.165) is 59.0 Å². The van der Waals surface area contributed by atoms with Crippen LogP contribution in [0.25, 0.3) is 32.4 Å². The van der Waals surface area contributed by atoms with Crippen molar-refractivity contribution in [3.05, 3.63) is 71.7 Å². The third-order valence-electron chi connectivity index (χ3n) is 6.20. The molecule has 6 rings (SSSR count). The Labute approximate surface area is 195 Å². The second-order valence-electron chi connectivity index (χ2n) is 8.40. The molecule has 1 aliphatic rings. The Morgan fingerprint density at radius 2 is 1.91 bits per heavy atom. The van der Waals surface area contributed by atoms with Crippen LogP contribution in [0.1, 0.15) is 30.5 Å². The molecular weight excluding hydrogens is 432 g/mol. The Kier molecular flexibility index (Phi) is 5.28. The fourth-order valence-corrected chi connectivity index (χ4v) is 5.62. The maximum atomic E-state index is 6.13. The molecular formula is C26H24N4O2S. The molecule has 6 nitrogen and oxygen atoms in total. The predicted molar refractivity (Wildman–Crippen MR) is 132 cm³/mol. The van der Waals surface area contributed by atoms with Crippen LogP contribution in [0.2, 0.25) is 0 Å². The molecule has 1 saturated heterocycles. The minimum absolute atomic E-state index is 0.223. The lowest BCUT2D eigenvalue weighted by atomic mass is 9.97. The fourth-order valence-electron chi connectivity index (χ4n) is 4.65. The molecule has 166 valence electrons. The van der Waals surface area contributed by atoms with Gasteiger partial charge in [0.2, 0.25) is 0 Å². The van der Waals surface area contributed by atoms with Crippen molar-refractivity contribution in [3.63, 3.8) is 0 Å². The van der Waals surface area contributed by atoms with Crippen molar-refractivity contribution in [1.82, 2.24) is 15.0 Å². The van der Waals surface area contributed by atoms with Gasteiger partial charge in [-0.3, -0.25) is 0 Å². The average Bonchev–Trinajstić information content (AvgIpc) is 3.49. The summed E-state index contributed by atoms with van der Waals surface area (Å²) in [6.07, 6.45) is 2.11. The number of thiophene rings is 1. The summed E-state index contributed by atoms with van der Waals surface area (Å²) in [5, 5.41) is 3.31. The quantitative estimate of drug-likeness (QED) is 0.322. The number of oxazole rings is 1. The monoisotopic (exact) mass is 456 g/mol. The average molecular weight is 457 g/mol. The van der Waals surface area contributed by atoms with Crippen LogP contribution in [0, 0.1) is 0 Å². The molecule has 33 heavy (non-hydrogen) atoms. The first-order valence-electron chi connectivity index (χ1n) is 11.2. The van der Waals surface area contributed by atoms with E-state index in [9.17, 15) is 0 Å². The van der Waals surface area contributed by atoms with Crippen LogP contribution >= 0.6 is 11.3 Å². The number of fused-ring (bicyclic) bond motifs is 2. The van der Waals surface area contributed by atoms with Crippen LogP contribution in [-0.2, 0) is 11.3 Å². The molecule has 0 amide bonds. The first kappa shape index (κ1) is 20.3. The number of hydrogen-bond donors (Lipinski definition) is 0. The molecule has 0 radical (unpaired) electrons. The second kappa shape index (κ2) is 8.57. The molecule has 0 bridgehead atoms. The number of nitrogens with zero attached hydrogens (tertiary/aromatic N) is 4. The molecule has 3 aromatic heterocycles. The van der Waals surface area contributed by atoms with Gasteiger partial charge < -0.3 is 14.1 Å². The maximum absolute atomic E-state index is 6.13. The van der Waals surface area contributed by atoms with Gasteiger partial charge in [0.15, 0.2) is 17.3 Å². The highest BCUT2D eigenvalue weighted by Gasteiger charge is 2.29. The number of methoxy groups -OCH3 is 1. The minimum Gasteiger partial charge on any atom is -0.440 e. The number of rotatable bonds is 5. The van der Waals surface area contributed by atoms with E-state index >= 15 is 0 Å². The molecule has 1 aliphatic heterocycles. The molecule has 4 heterocycles. The fraction of sp³-hybridized carbons (Fsp3) is 0.269. The summed E-state index contributed by atoms with van der Waals surface area (Å²) in [6, 6.07) is 18.4. The van der Waals surface area contributed by atoms with E-state index in [-0.39, 0.29) is 5.92 Å². The molecule has 7 heteroatoms. The number of ether oxygens (including phenoxy) is 1. The van der Waals surface area contributed by atoms with E-state index in [1.807, 2.05) is 30.3 Å². The molecule has 1 unspecified atom stereocenters. The van der Waals surface area contributed by atoms with Gasteiger partial charge in [-0.2, -0.15) is 0 Å². The largest absolute Gasteiger partial charge is 0.440 e. The van der Waals surface area contributed by atoms with Gasteiger partial charge in [-0.15, -0.1) is 11.3 Å². The Morgan fingerprint density at radius 1 is 1.06 bits per heavy atom. The van der Waals surface area contributed by atoms with Crippen molar-refractivity contribution < 1.29 is 9.15 Å². The number of hydrogen-bond acceptors (Lipinski definition) is 7. The van der Waals surface area contributed by atoms with Crippen LogP contribution in [0.15, 0.2) is 64.4 Å². The summed E-state index contributed by atoms with van der Waals surface area (Å²) in [4.78, 5) is 17.9. The lowest BCUT2D eigenvalue weighted by Crippen LogP contribution is -2.35. The van der Waals surface area contributed by atoms with Gasteiger partial charge in [0.05, 0.1) is 11.3 Å². The van der Waals surface area contributed by atoms with Crippen molar-refractivity contribution in [2.75, 3.05) is 25.1 Å². The summed E-state index contributed by atoms with van der Waals surface area (Å²) < 4.78 is 11.5. The summed E-state index contributed by atoms with van der Waals surface area (Å²) >= 11 is 1.66. The summed E-state index contributed by atoms with van der Waals surface area (Å²) in [6.45, 7) is 2.15. The van der Waals surface area contributed by atoms with Crippen molar-refractivity contribution in [3.8, 4) is 11.1 Å². The number of anilines is 1. The van der Waals surface area contributed by atoms with E-state index < -0.39 is 0 Å². The first-order valence-corrected chi connectivity index (χ1v) is 12.1. The molecule has 5 aromatic rings. The van der Waals surface area contributed by atoms with Crippen LogP contribution in [0.3, 0.4) is 0 Å². The zero-order valence-corrected chi connectivity index (χ0v) is 19.2. The maximum Gasteiger partial charge on any atom is 0.200 e. The van der Waals surface area contributed by atoms with Gasteiger partial charge in [0.25, 0.3) is 0 Å². The number of para-hydroxylation sites is 2. The lowest BCUT2D eigenvalue weighted by molar-refractivity contribution is 0.178. The second-order valence-corrected chi connectivity index (χ2v) is 9.26. The van der Waals surface area contributed by atoms with Gasteiger partial charge in [0, 0.05) is 31.1 Å². The SMILES string of the molecule is COCc1nc(N2CCCC(c3nc4ccccc4o3)C2)c2c(-c3ccccc3)csc2n1. The van der Waals surface area contributed by atoms with Gasteiger partial charge >= 0.3 is 0 Å². The van der Waals surface area contributed by atoms with Crippen molar-refractivity contribution in [1.29, 1.82) is 0 Å². The number of aromatic nitrogens is 3. The zero-order chi connectivity index (χ0) is 22.2. The molecule has 0 aliphatic carbocycles. The Balaban J connectivity index is 1.43. The molecule has 0 spiro atoms. The van der Waals surface area contributed by atoms with E-state index in [4.69, 9.17) is 24.1 Å². The summed E-state index contributed by atoms with van der Waals surface area (Å²) in [5.41, 5.74) is 4.13. The van der Waals surface area contributed by atoms with Gasteiger partial charge in [-0.1, -0.05) is 42.5 Å². The molecule has 0 saturated carbocycles. The van der Waals surface area contributed by atoms with E-state index in [0.29, 0.717) is 12.4 Å². The predicted octanol–water partition coefficient (Wildman–Crippen LogP) is 6.03. The smallest absolute Gasteiger partial charge is 0.200 e. The standard InChI is InChI=1S/C26H24N4O2S/c1-31-15-22-28-24(23-19(16-33-26(23)29-22)17-8-3-2-4-9-17)30-13-7-10-18(14-30)25-27-20-11-5-6-12-21(20)32-25/h2-6,8-9,11-12,16,18H,7,10,13-15H2,1H3. The third-order valence-corrected chi connectivity index (χ3v) is 7.07. The molecule has 1 atom stereocenters. The van der Waals surface area contributed by atoms with Gasteiger partial charge in [-0.25, -0.2) is 15.0 Å². The molecule has 2 aromatic carbocycles. The zero-order valence-electron chi connectivity index (χ0n) is 18.4. The third kappa shape index (κ3) is 3.77. The van der Waals surface area contributed by atoms with Crippen LogP contribution in [0.4, 0.5) is 5.82 Å². The highest BCUT2D eigenvalue weighted by atomic mass is 32.1. The number of benzene rings is 2. The van der Waals surface area contributed by atoms with Crippen molar-refractivity contribution in [2.45, 2.75) is 25.4 Å². The Morgan fingerprint density at radius 3 is 2.76 bits per heavy atom. The highest BCUT2D eigenvalue weighted by molar-refractivity contribution is 7.17. The normalized spacial score (nSPS) is 16.6. The highest BCUT2D eigenvalue weighted by Crippen LogP contribution is 2.40. The Hall–Kier alpha value is -3.29. The Bertz CT molecular complexity index is 1380. The number of piperidine rings is 1. The van der Waals surface area contributed by atoms with Crippen LogP contribution in [-0.4, -0.2) is 35.2 Å². The van der Waals surface area contributed by atoms with Gasteiger partial charge in [-0.05, 0) is 30.5 Å². The molecule has 1 fully saturated rings. The van der Waals surface area contributed by atoms with E-state index in [2.05, 4.69) is 34.5 Å². The topological polar surface area (TPSA) is 64.3 Å². The van der Waals surface area contributed by atoms with E-state index in [1.165, 1.54) is 11.1 Å². The summed E-state index contributed by atoms with van der Waals surface area (Å²) in [5.74, 6) is 2.73. The van der Waals surface area contributed by atoms with Crippen LogP contribution < -0.4 is 4.90 Å². The summed E-state index contributed by atoms with van der Waals surface area (Å²) in [7, 11) is 1.68. The lowest BCUT2D eigenvalue weighted by Gasteiger charge is -2.33. The van der Waals surface area contributed by atoms with E-state index in [1.54, 1.807) is 18.4 Å². The van der Waals surface area contributed by atoms with Crippen LogP contribution in [0.5, 0.6) is 0 Å². The van der Waals surface area contributed by atoms with Gasteiger partial charge in [0.1, 0.15) is 22.8 Å². The first-order chi connectivity index (χ1) is 16.3. The molecule has 0 N–H and O–H groups in total. The van der Waals surface area contributed by atoms with Crippen molar-refractivity contribution >= 4 is 38.5 Å². The minimum atomic E-state index is 0.223.